The van der Waals surface area contributed by atoms with E-state index >= 15 is 0 Å². The number of para-hydroxylation sites is 1. The summed E-state index contributed by atoms with van der Waals surface area (Å²) in [5, 5.41) is 6.22. The molecule has 0 aliphatic carbocycles. The fraction of sp³-hybridized carbons (Fsp3) is 0.280. The summed E-state index contributed by atoms with van der Waals surface area (Å²) in [6.07, 6.45) is 1.64. The van der Waals surface area contributed by atoms with Crippen molar-refractivity contribution in [2.24, 2.45) is 0 Å². The average molecular weight is 434 g/mol. The lowest BCUT2D eigenvalue weighted by Gasteiger charge is -2.37. The Bertz CT molecular complexity index is 1010. The van der Waals surface area contributed by atoms with Gasteiger partial charge in [-0.05, 0) is 49.6 Å². The molecule has 0 saturated carbocycles. The molecule has 2 aromatic carbocycles. The molecule has 160 valence electrons. The Kier molecular flexibility index (Phi) is 6.79. The van der Waals surface area contributed by atoms with Crippen LogP contribution >= 0.6 is 11.3 Å². The van der Waals surface area contributed by atoms with Crippen LogP contribution in [0, 0.1) is 6.92 Å². The van der Waals surface area contributed by atoms with E-state index < -0.39 is 0 Å². The molecule has 1 aromatic heterocycles. The van der Waals surface area contributed by atoms with E-state index in [9.17, 15) is 9.59 Å². The van der Waals surface area contributed by atoms with Crippen molar-refractivity contribution >= 4 is 28.8 Å². The van der Waals surface area contributed by atoms with E-state index in [1.807, 2.05) is 79.7 Å². The Morgan fingerprint density at radius 2 is 1.58 bits per heavy atom. The van der Waals surface area contributed by atoms with Crippen molar-refractivity contribution in [3.05, 3.63) is 88.1 Å². The van der Waals surface area contributed by atoms with Crippen molar-refractivity contribution in [2.45, 2.75) is 31.8 Å². The first kappa shape index (κ1) is 21.3. The van der Waals surface area contributed by atoms with E-state index in [1.54, 1.807) is 0 Å². The average Bonchev–Trinajstić information content (AvgIpc) is 3.23. The predicted molar refractivity (Wildman–Crippen MR) is 125 cm³/mol. The second kappa shape index (κ2) is 9.90. The molecule has 1 unspecified atom stereocenters. The van der Waals surface area contributed by atoms with Crippen molar-refractivity contribution < 1.29 is 9.59 Å². The van der Waals surface area contributed by atoms with Crippen LogP contribution in [0.4, 0.5) is 5.69 Å². The molecule has 3 aromatic rings. The van der Waals surface area contributed by atoms with Gasteiger partial charge in [-0.3, -0.25) is 14.5 Å². The largest absolute Gasteiger partial charge is 0.349 e. The molecule has 1 aliphatic heterocycles. The van der Waals surface area contributed by atoms with E-state index in [4.69, 9.17) is 0 Å². The van der Waals surface area contributed by atoms with E-state index in [1.165, 1.54) is 11.3 Å². The van der Waals surface area contributed by atoms with Crippen molar-refractivity contribution in [1.29, 1.82) is 0 Å². The maximum absolute atomic E-state index is 13.2. The fourth-order valence-corrected chi connectivity index (χ4v) is 4.78. The molecule has 6 heteroatoms. The Morgan fingerprint density at radius 3 is 2.19 bits per heavy atom. The minimum Gasteiger partial charge on any atom is -0.349 e. The molecular formula is C25H27N3O2S. The van der Waals surface area contributed by atoms with Gasteiger partial charge in [-0.15, -0.1) is 11.3 Å². The standard InChI is InChI=1S/C25H27N3O2S/c1-18-12-13-22(31-18)24(29)26-21-14-16-28(17-15-21)23(19-8-4-2-5-9-19)25(30)27-20-10-6-3-7-11-20/h2-13,21,23H,14-17H2,1H3,(H,26,29)(H,27,30). The molecular weight excluding hydrogens is 406 g/mol. The number of likely N-dealkylation sites (tertiary alicyclic amines) is 1. The highest BCUT2D eigenvalue weighted by atomic mass is 32.1. The molecule has 0 spiro atoms. The highest BCUT2D eigenvalue weighted by molar-refractivity contribution is 7.13. The van der Waals surface area contributed by atoms with Gasteiger partial charge in [0.15, 0.2) is 0 Å². The zero-order chi connectivity index (χ0) is 21.6. The van der Waals surface area contributed by atoms with Gasteiger partial charge in [0.25, 0.3) is 5.91 Å². The molecule has 5 nitrogen and oxygen atoms in total. The summed E-state index contributed by atoms with van der Waals surface area (Å²) >= 11 is 1.52. The van der Waals surface area contributed by atoms with E-state index in [2.05, 4.69) is 15.5 Å². The molecule has 2 amide bonds. The Labute approximate surface area is 187 Å². The van der Waals surface area contributed by atoms with Gasteiger partial charge in [0.05, 0.1) is 4.88 Å². The highest BCUT2D eigenvalue weighted by Crippen LogP contribution is 2.27. The van der Waals surface area contributed by atoms with E-state index in [-0.39, 0.29) is 23.9 Å². The Hall–Kier alpha value is -2.96. The van der Waals surface area contributed by atoms with Crippen LogP contribution in [-0.2, 0) is 4.79 Å². The van der Waals surface area contributed by atoms with Crippen LogP contribution in [0.25, 0.3) is 0 Å². The van der Waals surface area contributed by atoms with Crippen molar-refractivity contribution in [2.75, 3.05) is 18.4 Å². The number of hydrogen-bond acceptors (Lipinski definition) is 4. The molecule has 4 rings (SSSR count). The lowest BCUT2D eigenvalue weighted by atomic mass is 9.98. The number of thiophene rings is 1. The first-order chi connectivity index (χ1) is 15.1. The second-order valence-corrected chi connectivity index (χ2v) is 9.15. The minimum atomic E-state index is -0.363. The summed E-state index contributed by atoms with van der Waals surface area (Å²) in [4.78, 5) is 29.8. The van der Waals surface area contributed by atoms with Crippen molar-refractivity contribution in [1.82, 2.24) is 10.2 Å². The summed E-state index contributed by atoms with van der Waals surface area (Å²) in [6, 6.07) is 23.1. The number of carbonyl (C=O) groups excluding carboxylic acids is 2. The molecule has 1 aliphatic rings. The smallest absolute Gasteiger partial charge is 0.261 e. The first-order valence-electron chi connectivity index (χ1n) is 10.6. The number of benzene rings is 2. The van der Waals surface area contributed by atoms with Crippen molar-refractivity contribution in [3.63, 3.8) is 0 Å². The Balaban J connectivity index is 1.42. The second-order valence-electron chi connectivity index (χ2n) is 7.86. The van der Waals surface area contributed by atoms with Crippen LogP contribution in [-0.4, -0.2) is 35.8 Å². The minimum absolute atomic E-state index is 0.00187. The zero-order valence-electron chi connectivity index (χ0n) is 17.6. The Morgan fingerprint density at radius 1 is 0.935 bits per heavy atom. The van der Waals surface area contributed by atoms with Gasteiger partial charge in [-0.2, -0.15) is 0 Å². The monoisotopic (exact) mass is 433 g/mol. The van der Waals surface area contributed by atoms with Crippen LogP contribution in [0.15, 0.2) is 72.8 Å². The number of nitrogens with zero attached hydrogens (tertiary/aromatic N) is 1. The van der Waals surface area contributed by atoms with E-state index in [0.29, 0.717) is 0 Å². The van der Waals surface area contributed by atoms with Crippen LogP contribution in [0.3, 0.4) is 0 Å². The molecule has 2 heterocycles. The summed E-state index contributed by atoms with van der Waals surface area (Å²) < 4.78 is 0. The number of anilines is 1. The number of carbonyl (C=O) groups is 2. The lowest BCUT2D eigenvalue weighted by Crippen LogP contribution is -2.47. The van der Waals surface area contributed by atoms with Crippen LogP contribution in [0.5, 0.6) is 0 Å². The summed E-state index contributed by atoms with van der Waals surface area (Å²) in [5.41, 5.74) is 1.77. The summed E-state index contributed by atoms with van der Waals surface area (Å²) in [6.45, 7) is 3.50. The maximum Gasteiger partial charge on any atom is 0.261 e. The lowest BCUT2D eigenvalue weighted by molar-refractivity contribution is -0.122. The summed E-state index contributed by atoms with van der Waals surface area (Å²) in [5.74, 6) is -0.0353. The number of rotatable bonds is 6. The maximum atomic E-state index is 13.2. The van der Waals surface area contributed by atoms with Gasteiger partial charge < -0.3 is 10.6 Å². The number of aryl methyl sites for hydroxylation is 1. The number of piperidine rings is 1. The molecule has 31 heavy (non-hydrogen) atoms. The van der Waals surface area contributed by atoms with Crippen LogP contribution in [0.1, 0.15) is 39.0 Å². The van der Waals surface area contributed by atoms with Gasteiger partial charge >= 0.3 is 0 Å². The number of nitrogens with one attached hydrogen (secondary N) is 2. The molecule has 0 bridgehead atoms. The molecule has 2 N–H and O–H groups in total. The first-order valence-corrected chi connectivity index (χ1v) is 11.4. The molecule has 1 atom stereocenters. The highest BCUT2D eigenvalue weighted by Gasteiger charge is 2.31. The van der Waals surface area contributed by atoms with Gasteiger partial charge in [-0.25, -0.2) is 0 Å². The van der Waals surface area contributed by atoms with E-state index in [0.717, 1.165) is 46.9 Å². The fourth-order valence-electron chi connectivity index (χ4n) is 4.01. The van der Waals surface area contributed by atoms with Crippen LogP contribution < -0.4 is 10.6 Å². The van der Waals surface area contributed by atoms with Gasteiger partial charge in [0, 0.05) is 29.7 Å². The molecule has 1 fully saturated rings. The van der Waals surface area contributed by atoms with Crippen LogP contribution in [0.2, 0.25) is 0 Å². The zero-order valence-corrected chi connectivity index (χ0v) is 18.4. The number of hydrogen-bond donors (Lipinski definition) is 2. The van der Waals surface area contributed by atoms with Gasteiger partial charge in [0.1, 0.15) is 6.04 Å². The van der Waals surface area contributed by atoms with Crippen molar-refractivity contribution in [3.8, 4) is 0 Å². The molecule has 0 radical (unpaired) electrons. The normalized spacial score (nSPS) is 15.9. The van der Waals surface area contributed by atoms with Gasteiger partial charge in [0.2, 0.25) is 5.91 Å². The predicted octanol–water partition coefficient (Wildman–Crippen LogP) is 4.63. The third-order valence-electron chi connectivity index (χ3n) is 5.60. The molecule has 1 saturated heterocycles. The topological polar surface area (TPSA) is 61.4 Å². The SMILES string of the molecule is Cc1ccc(C(=O)NC2CCN(C(C(=O)Nc3ccccc3)c3ccccc3)CC2)s1. The van der Waals surface area contributed by atoms with Gasteiger partial charge in [-0.1, -0.05) is 48.5 Å². The summed E-state index contributed by atoms with van der Waals surface area (Å²) in [7, 11) is 0. The third-order valence-corrected chi connectivity index (χ3v) is 6.60. The quantitative estimate of drug-likeness (QED) is 0.596. The third kappa shape index (κ3) is 5.40. The number of amides is 2.